The van der Waals surface area contributed by atoms with Gasteiger partial charge in [-0.3, -0.25) is 9.59 Å². The maximum absolute atomic E-state index is 12.3. The lowest BCUT2D eigenvalue weighted by Crippen LogP contribution is -2.38. The number of carbonyl (C=O) groups excluding carboxylic acids is 2. The summed E-state index contributed by atoms with van der Waals surface area (Å²) in [4.78, 5) is 26.0. The van der Waals surface area contributed by atoms with Gasteiger partial charge >= 0.3 is 0 Å². The third-order valence-corrected chi connectivity index (χ3v) is 6.03. The molecule has 26 heavy (non-hydrogen) atoms. The average molecular weight is 391 g/mol. The molecule has 4 nitrogen and oxygen atoms in total. The van der Waals surface area contributed by atoms with Gasteiger partial charge in [0.25, 0.3) is 5.91 Å². The molecule has 1 saturated carbocycles. The zero-order chi connectivity index (χ0) is 18.4. The molecule has 6 heteroatoms. The number of hydrogen-bond acceptors (Lipinski definition) is 3. The van der Waals surface area contributed by atoms with Crippen LogP contribution >= 0.6 is 22.9 Å². The largest absolute Gasteiger partial charge is 0.354 e. The molecule has 0 aliphatic heterocycles. The first-order valence-electron chi connectivity index (χ1n) is 9.05. The van der Waals surface area contributed by atoms with E-state index in [1.165, 1.54) is 17.8 Å². The highest BCUT2D eigenvalue weighted by molar-refractivity contribution is 7.17. The summed E-state index contributed by atoms with van der Waals surface area (Å²) >= 11 is 7.35. The van der Waals surface area contributed by atoms with Crippen molar-refractivity contribution in [3.63, 3.8) is 0 Å². The molecule has 1 heterocycles. The topological polar surface area (TPSA) is 58.2 Å². The fourth-order valence-corrected chi connectivity index (χ4v) is 4.24. The van der Waals surface area contributed by atoms with Crippen LogP contribution in [0.4, 0.5) is 0 Å². The molecule has 0 atom stereocenters. The van der Waals surface area contributed by atoms with Crippen molar-refractivity contribution in [2.24, 2.45) is 5.92 Å². The average Bonchev–Trinajstić information content (AvgIpc) is 3.16. The first-order chi connectivity index (χ1) is 12.6. The Morgan fingerprint density at radius 2 is 1.65 bits per heavy atom. The Hall–Kier alpha value is -1.85. The van der Waals surface area contributed by atoms with Gasteiger partial charge in [0.2, 0.25) is 5.91 Å². The zero-order valence-electron chi connectivity index (χ0n) is 14.6. The van der Waals surface area contributed by atoms with Crippen LogP contribution in [0.5, 0.6) is 0 Å². The second-order valence-electron chi connectivity index (χ2n) is 6.55. The Kier molecular flexibility index (Phi) is 6.69. The van der Waals surface area contributed by atoms with Gasteiger partial charge in [-0.2, -0.15) is 0 Å². The second-order valence-corrected chi connectivity index (χ2v) is 8.07. The predicted molar refractivity (Wildman–Crippen MR) is 107 cm³/mol. The summed E-state index contributed by atoms with van der Waals surface area (Å²) in [6, 6.07) is 11.3. The molecule has 1 aliphatic carbocycles. The van der Waals surface area contributed by atoms with E-state index in [-0.39, 0.29) is 17.7 Å². The van der Waals surface area contributed by atoms with Crippen LogP contribution in [0, 0.1) is 5.92 Å². The molecule has 138 valence electrons. The quantitative estimate of drug-likeness (QED) is 0.713. The van der Waals surface area contributed by atoms with E-state index in [1.807, 2.05) is 36.4 Å². The van der Waals surface area contributed by atoms with E-state index in [9.17, 15) is 9.59 Å². The van der Waals surface area contributed by atoms with Crippen LogP contribution < -0.4 is 10.6 Å². The van der Waals surface area contributed by atoms with Gasteiger partial charge in [0.1, 0.15) is 0 Å². The van der Waals surface area contributed by atoms with E-state index in [2.05, 4.69) is 10.6 Å². The lowest BCUT2D eigenvalue weighted by atomic mass is 9.89. The van der Waals surface area contributed by atoms with Gasteiger partial charge in [-0.15, -0.1) is 11.3 Å². The summed E-state index contributed by atoms with van der Waals surface area (Å²) in [6.45, 7) is 0.905. The molecule has 2 aromatic rings. The zero-order valence-corrected chi connectivity index (χ0v) is 16.2. The summed E-state index contributed by atoms with van der Waals surface area (Å²) in [7, 11) is 0. The number of rotatable bonds is 6. The van der Waals surface area contributed by atoms with Crippen molar-refractivity contribution in [2.45, 2.75) is 32.1 Å². The summed E-state index contributed by atoms with van der Waals surface area (Å²) in [5, 5.41) is 6.49. The summed E-state index contributed by atoms with van der Waals surface area (Å²) < 4.78 is 0. The molecule has 1 fully saturated rings. The highest BCUT2D eigenvalue weighted by atomic mass is 35.5. The number of halogens is 1. The molecule has 0 bridgehead atoms. The number of carbonyl (C=O) groups is 2. The van der Waals surface area contributed by atoms with E-state index >= 15 is 0 Å². The Morgan fingerprint density at radius 3 is 2.38 bits per heavy atom. The van der Waals surface area contributed by atoms with E-state index in [0.717, 1.165) is 36.1 Å². The summed E-state index contributed by atoms with van der Waals surface area (Å²) in [5.74, 6) is 0.168. The van der Waals surface area contributed by atoms with Crippen molar-refractivity contribution >= 4 is 34.8 Å². The number of hydrogen-bond donors (Lipinski definition) is 2. The van der Waals surface area contributed by atoms with Crippen LogP contribution in [0.3, 0.4) is 0 Å². The van der Waals surface area contributed by atoms with Gasteiger partial charge < -0.3 is 10.6 Å². The minimum absolute atomic E-state index is 0.109. The molecule has 0 radical (unpaired) electrons. The van der Waals surface area contributed by atoms with Gasteiger partial charge in [0.05, 0.1) is 4.88 Å². The number of amides is 2. The van der Waals surface area contributed by atoms with Crippen LogP contribution in [0.2, 0.25) is 5.02 Å². The second kappa shape index (κ2) is 9.19. The molecular weight excluding hydrogens is 368 g/mol. The minimum Gasteiger partial charge on any atom is -0.354 e. The standard InChI is InChI=1S/C20H23ClN2O2S/c21-16-8-6-14(7-9-16)17-10-11-18(26-17)20(25)23-13-12-22-19(24)15-4-2-1-3-5-15/h6-11,15H,1-5,12-13H2,(H,22,24)(H,23,25). The molecule has 1 aromatic heterocycles. The number of thiophene rings is 1. The molecule has 0 spiro atoms. The lowest BCUT2D eigenvalue weighted by molar-refractivity contribution is -0.125. The molecule has 1 aliphatic rings. The van der Waals surface area contributed by atoms with Crippen LogP contribution in [-0.2, 0) is 4.79 Å². The highest BCUT2D eigenvalue weighted by Gasteiger charge is 2.20. The Bertz CT molecular complexity index is 751. The van der Waals surface area contributed by atoms with Crippen molar-refractivity contribution in [3.8, 4) is 10.4 Å². The minimum atomic E-state index is -0.109. The van der Waals surface area contributed by atoms with Gasteiger partial charge in [0.15, 0.2) is 0 Å². The van der Waals surface area contributed by atoms with E-state index in [4.69, 9.17) is 11.6 Å². The van der Waals surface area contributed by atoms with Gasteiger partial charge in [-0.25, -0.2) is 0 Å². The van der Waals surface area contributed by atoms with Gasteiger partial charge in [0, 0.05) is 28.9 Å². The van der Waals surface area contributed by atoms with E-state index in [1.54, 1.807) is 0 Å². The first kappa shape index (κ1) is 18.9. The number of nitrogens with one attached hydrogen (secondary N) is 2. The van der Waals surface area contributed by atoms with Crippen molar-refractivity contribution in [1.82, 2.24) is 10.6 Å². The predicted octanol–water partition coefficient (Wildman–Crippen LogP) is 4.49. The Balaban J connectivity index is 1.43. The van der Waals surface area contributed by atoms with Crippen LogP contribution in [-0.4, -0.2) is 24.9 Å². The lowest BCUT2D eigenvalue weighted by Gasteiger charge is -2.20. The van der Waals surface area contributed by atoms with Crippen LogP contribution in [0.15, 0.2) is 36.4 Å². The molecule has 3 rings (SSSR count). The molecule has 1 aromatic carbocycles. The Labute approximate surface area is 162 Å². The van der Waals surface area contributed by atoms with Gasteiger partial charge in [-0.1, -0.05) is 43.0 Å². The normalized spacial score (nSPS) is 14.8. The fraction of sp³-hybridized carbons (Fsp3) is 0.400. The van der Waals surface area contributed by atoms with Crippen LogP contribution in [0.25, 0.3) is 10.4 Å². The molecule has 0 unspecified atom stereocenters. The van der Waals surface area contributed by atoms with Crippen LogP contribution in [0.1, 0.15) is 41.8 Å². The molecule has 0 saturated heterocycles. The van der Waals surface area contributed by atoms with Crippen molar-refractivity contribution < 1.29 is 9.59 Å². The number of benzene rings is 1. The monoisotopic (exact) mass is 390 g/mol. The highest BCUT2D eigenvalue weighted by Crippen LogP contribution is 2.29. The fourth-order valence-electron chi connectivity index (χ4n) is 3.19. The third kappa shape index (κ3) is 5.08. The summed E-state index contributed by atoms with van der Waals surface area (Å²) in [5.41, 5.74) is 1.04. The van der Waals surface area contributed by atoms with Crippen molar-refractivity contribution in [2.75, 3.05) is 13.1 Å². The van der Waals surface area contributed by atoms with Gasteiger partial charge in [-0.05, 0) is 42.7 Å². The van der Waals surface area contributed by atoms with E-state index in [0.29, 0.717) is 23.0 Å². The SMILES string of the molecule is O=C(NCCNC(=O)C1CCCCC1)c1ccc(-c2ccc(Cl)cc2)s1. The molecular formula is C20H23ClN2O2S. The van der Waals surface area contributed by atoms with E-state index < -0.39 is 0 Å². The molecule has 2 amide bonds. The molecule has 2 N–H and O–H groups in total. The first-order valence-corrected chi connectivity index (χ1v) is 10.2. The maximum Gasteiger partial charge on any atom is 0.261 e. The van der Waals surface area contributed by atoms with Crippen molar-refractivity contribution in [1.29, 1.82) is 0 Å². The van der Waals surface area contributed by atoms with Crippen molar-refractivity contribution in [3.05, 3.63) is 46.3 Å². The Morgan fingerprint density at radius 1 is 0.962 bits per heavy atom. The maximum atomic E-state index is 12.3. The smallest absolute Gasteiger partial charge is 0.261 e. The summed E-state index contributed by atoms with van der Waals surface area (Å²) in [6.07, 6.45) is 5.49. The third-order valence-electron chi connectivity index (χ3n) is 4.64.